The third kappa shape index (κ3) is 3.96. The Labute approximate surface area is 118 Å². The van der Waals surface area contributed by atoms with Gasteiger partial charge >= 0.3 is 0 Å². The summed E-state index contributed by atoms with van der Waals surface area (Å²) in [5.74, 6) is 0.910. The molecule has 1 aromatic carbocycles. The fourth-order valence-electron chi connectivity index (χ4n) is 1.69. The molecule has 0 amide bonds. The van der Waals surface area contributed by atoms with Crippen LogP contribution in [-0.2, 0) is 0 Å². The lowest BCUT2D eigenvalue weighted by Crippen LogP contribution is -2.04. The lowest BCUT2D eigenvalue weighted by Gasteiger charge is -2.09. The van der Waals surface area contributed by atoms with E-state index in [4.69, 9.17) is 4.74 Å². The van der Waals surface area contributed by atoms with Crippen LogP contribution in [0.15, 0.2) is 30.5 Å². The van der Waals surface area contributed by atoms with E-state index < -0.39 is 0 Å². The fraction of sp³-hybridized carbons (Fsp3) is 0.400. The number of nitrogens with one attached hydrogen (secondary N) is 1. The third-order valence-electron chi connectivity index (χ3n) is 2.54. The van der Waals surface area contributed by atoms with Gasteiger partial charge in [0.25, 0.3) is 0 Å². The molecular formula is C15H20N2OS. The summed E-state index contributed by atoms with van der Waals surface area (Å²) in [4.78, 5) is 5.55. The molecule has 4 heteroatoms. The van der Waals surface area contributed by atoms with E-state index >= 15 is 0 Å². The van der Waals surface area contributed by atoms with Crippen LogP contribution >= 0.6 is 11.3 Å². The van der Waals surface area contributed by atoms with Gasteiger partial charge in [0.05, 0.1) is 11.0 Å². The van der Waals surface area contributed by atoms with Gasteiger partial charge in [-0.25, -0.2) is 4.98 Å². The number of ether oxygens (including phenoxy) is 1. The molecular weight excluding hydrogens is 256 g/mol. The SMILES string of the molecule is CCCNc1ncc(-c2ccc(OC(C)C)cc2)s1. The summed E-state index contributed by atoms with van der Waals surface area (Å²) in [7, 11) is 0. The Morgan fingerprint density at radius 1 is 1.26 bits per heavy atom. The van der Waals surface area contributed by atoms with Gasteiger partial charge in [-0.05, 0) is 50.1 Å². The van der Waals surface area contributed by atoms with E-state index in [0.717, 1.165) is 23.8 Å². The molecule has 0 saturated heterocycles. The van der Waals surface area contributed by atoms with Crippen LogP contribution in [-0.4, -0.2) is 17.6 Å². The Balaban J connectivity index is 2.07. The Morgan fingerprint density at radius 3 is 2.63 bits per heavy atom. The van der Waals surface area contributed by atoms with E-state index in [9.17, 15) is 0 Å². The van der Waals surface area contributed by atoms with Gasteiger partial charge in [0.2, 0.25) is 0 Å². The van der Waals surface area contributed by atoms with Crippen LogP contribution in [0.25, 0.3) is 10.4 Å². The van der Waals surface area contributed by atoms with Gasteiger partial charge in [0, 0.05) is 12.7 Å². The maximum Gasteiger partial charge on any atom is 0.183 e. The molecule has 0 aliphatic rings. The molecule has 1 aromatic heterocycles. The fourth-order valence-corrected chi connectivity index (χ4v) is 2.54. The van der Waals surface area contributed by atoms with Crippen molar-refractivity contribution in [1.82, 2.24) is 4.98 Å². The molecule has 1 heterocycles. The minimum atomic E-state index is 0.208. The molecule has 3 nitrogen and oxygen atoms in total. The molecule has 0 fully saturated rings. The van der Waals surface area contributed by atoms with Crippen molar-refractivity contribution in [3.63, 3.8) is 0 Å². The number of hydrogen-bond acceptors (Lipinski definition) is 4. The summed E-state index contributed by atoms with van der Waals surface area (Å²) in [6, 6.07) is 8.17. The first-order valence-electron chi connectivity index (χ1n) is 6.66. The number of hydrogen-bond donors (Lipinski definition) is 1. The minimum absolute atomic E-state index is 0.208. The molecule has 0 unspecified atom stereocenters. The summed E-state index contributed by atoms with van der Waals surface area (Å²) in [6.07, 6.45) is 3.23. The minimum Gasteiger partial charge on any atom is -0.491 e. The number of nitrogens with zero attached hydrogens (tertiary/aromatic N) is 1. The Bertz CT molecular complexity index is 505. The highest BCUT2D eigenvalue weighted by atomic mass is 32.1. The molecule has 102 valence electrons. The molecule has 1 N–H and O–H groups in total. The summed E-state index contributed by atoms with van der Waals surface area (Å²) in [5.41, 5.74) is 1.18. The van der Waals surface area contributed by atoms with Crippen LogP contribution in [0.4, 0.5) is 5.13 Å². The van der Waals surface area contributed by atoms with Gasteiger partial charge < -0.3 is 10.1 Å². The van der Waals surface area contributed by atoms with Crippen LogP contribution in [0, 0.1) is 0 Å². The average molecular weight is 276 g/mol. The lowest BCUT2D eigenvalue weighted by molar-refractivity contribution is 0.242. The first-order valence-corrected chi connectivity index (χ1v) is 7.47. The predicted octanol–water partition coefficient (Wildman–Crippen LogP) is 4.42. The van der Waals surface area contributed by atoms with Crippen LogP contribution < -0.4 is 10.1 Å². The Kier molecular flexibility index (Phi) is 4.80. The summed E-state index contributed by atoms with van der Waals surface area (Å²) in [6.45, 7) is 7.18. The van der Waals surface area contributed by atoms with Gasteiger partial charge in [0.1, 0.15) is 5.75 Å². The molecule has 0 aliphatic heterocycles. The largest absolute Gasteiger partial charge is 0.491 e. The molecule has 19 heavy (non-hydrogen) atoms. The summed E-state index contributed by atoms with van der Waals surface area (Å²) < 4.78 is 5.64. The molecule has 0 radical (unpaired) electrons. The Morgan fingerprint density at radius 2 is 2.00 bits per heavy atom. The number of rotatable bonds is 6. The molecule has 2 rings (SSSR count). The smallest absolute Gasteiger partial charge is 0.183 e. The van der Waals surface area contributed by atoms with Crippen LogP contribution in [0.5, 0.6) is 5.75 Å². The summed E-state index contributed by atoms with van der Waals surface area (Å²) in [5, 5.41) is 4.29. The first-order chi connectivity index (χ1) is 9.19. The van der Waals surface area contributed by atoms with Gasteiger partial charge in [-0.1, -0.05) is 18.3 Å². The zero-order chi connectivity index (χ0) is 13.7. The number of anilines is 1. The van der Waals surface area contributed by atoms with Crippen LogP contribution in [0.2, 0.25) is 0 Å². The standard InChI is InChI=1S/C15H20N2OS/c1-4-9-16-15-17-10-14(19-15)12-5-7-13(8-6-12)18-11(2)3/h5-8,10-11H,4,9H2,1-3H3,(H,16,17). The second-order valence-corrected chi connectivity index (χ2v) is 5.68. The van der Waals surface area contributed by atoms with Crippen molar-refractivity contribution in [2.24, 2.45) is 0 Å². The van der Waals surface area contributed by atoms with Crippen molar-refractivity contribution in [2.45, 2.75) is 33.3 Å². The topological polar surface area (TPSA) is 34.2 Å². The average Bonchev–Trinajstić information content (AvgIpc) is 2.85. The van der Waals surface area contributed by atoms with Crippen molar-refractivity contribution in [3.05, 3.63) is 30.5 Å². The monoisotopic (exact) mass is 276 g/mol. The van der Waals surface area contributed by atoms with Crippen molar-refractivity contribution in [1.29, 1.82) is 0 Å². The highest BCUT2D eigenvalue weighted by molar-refractivity contribution is 7.18. The first kappa shape index (κ1) is 13.9. The lowest BCUT2D eigenvalue weighted by atomic mass is 10.2. The van der Waals surface area contributed by atoms with Crippen molar-refractivity contribution in [2.75, 3.05) is 11.9 Å². The van der Waals surface area contributed by atoms with E-state index in [-0.39, 0.29) is 6.10 Å². The highest BCUT2D eigenvalue weighted by Gasteiger charge is 2.04. The van der Waals surface area contributed by atoms with Gasteiger partial charge in [-0.2, -0.15) is 0 Å². The molecule has 2 aromatic rings. The van der Waals surface area contributed by atoms with E-state index in [0.29, 0.717) is 0 Å². The predicted molar refractivity (Wildman–Crippen MR) is 82.1 cm³/mol. The van der Waals surface area contributed by atoms with Crippen molar-refractivity contribution in [3.8, 4) is 16.2 Å². The number of benzene rings is 1. The number of aromatic nitrogens is 1. The quantitative estimate of drug-likeness (QED) is 0.848. The van der Waals surface area contributed by atoms with E-state index in [1.165, 1.54) is 10.4 Å². The number of thiazole rings is 1. The normalized spacial score (nSPS) is 10.7. The van der Waals surface area contributed by atoms with Crippen LogP contribution in [0.1, 0.15) is 27.2 Å². The van der Waals surface area contributed by atoms with E-state index in [1.54, 1.807) is 11.3 Å². The highest BCUT2D eigenvalue weighted by Crippen LogP contribution is 2.30. The zero-order valence-corrected chi connectivity index (χ0v) is 12.5. The second kappa shape index (κ2) is 6.57. The van der Waals surface area contributed by atoms with Gasteiger partial charge in [-0.3, -0.25) is 0 Å². The van der Waals surface area contributed by atoms with E-state index in [1.807, 2.05) is 32.2 Å². The molecule has 0 saturated carbocycles. The second-order valence-electron chi connectivity index (χ2n) is 4.65. The molecule has 0 spiro atoms. The molecule has 0 bridgehead atoms. The van der Waals surface area contributed by atoms with Gasteiger partial charge in [0.15, 0.2) is 5.13 Å². The maximum atomic E-state index is 5.64. The van der Waals surface area contributed by atoms with Crippen molar-refractivity contribution >= 4 is 16.5 Å². The summed E-state index contributed by atoms with van der Waals surface area (Å²) >= 11 is 1.68. The third-order valence-corrected chi connectivity index (χ3v) is 3.55. The zero-order valence-electron chi connectivity index (χ0n) is 11.6. The van der Waals surface area contributed by atoms with E-state index in [2.05, 4.69) is 29.4 Å². The Hall–Kier alpha value is -1.55. The molecule has 0 aliphatic carbocycles. The maximum absolute atomic E-state index is 5.64. The van der Waals surface area contributed by atoms with Crippen molar-refractivity contribution < 1.29 is 4.74 Å². The van der Waals surface area contributed by atoms with Gasteiger partial charge in [-0.15, -0.1) is 0 Å². The van der Waals surface area contributed by atoms with Crippen LogP contribution in [0.3, 0.4) is 0 Å². The molecule has 0 atom stereocenters.